The van der Waals surface area contributed by atoms with Crippen LogP contribution in [0.15, 0.2) is 194 Å². The van der Waals surface area contributed by atoms with Crippen molar-refractivity contribution in [3.8, 4) is 40.2 Å². The van der Waals surface area contributed by atoms with E-state index in [9.17, 15) is 5.26 Å². The van der Waals surface area contributed by atoms with E-state index in [1.54, 1.807) is 0 Å². The second-order valence-electron chi connectivity index (χ2n) is 21.6. The first-order chi connectivity index (χ1) is 36.0. The highest BCUT2D eigenvalue weighted by Gasteiger charge is 2.30. The van der Waals surface area contributed by atoms with Crippen molar-refractivity contribution < 1.29 is 0 Å². The topological polar surface area (TPSA) is 82.2 Å². The van der Waals surface area contributed by atoms with Crippen molar-refractivity contribution in [3.63, 3.8) is 0 Å². The second-order valence-corrected chi connectivity index (χ2v) is 21.6. The summed E-state index contributed by atoms with van der Waals surface area (Å²) in [6, 6.07) is 71.9. The second kappa shape index (κ2) is 15.8. The van der Waals surface area contributed by atoms with Gasteiger partial charge in [0.05, 0.1) is 55.5 Å². The van der Waals surface area contributed by atoms with E-state index >= 15 is 0 Å². The van der Waals surface area contributed by atoms with E-state index in [4.69, 9.17) is 15.0 Å². The van der Waals surface area contributed by atoms with Crippen LogP contribution in [0.4, 0.5) is 0 Å². The first-order valence-electron chi connectivity index (χ1n) is 25.4. The minimum atomic E-state index is -0.378. The number of hydrogen-bond donors (Lipinski definition) is 0. The number of aromatic nitrogens is 7. The Hall–Kier alpha value is -9.32. The molecule has 0 aliphatic carbocycles. The van der Waals surface area contributed by atoms with E-state index in [1.165, 1.54) is 5.39 Å². The van der Waals surface area contributed by atoms with Crippen LogP contribution in [-0.4, -0.2) is 33.2 Å². The molecule has 5 heterocycles. The third kappa shape index (κ3) is 6.29. The minimum absolute atomic E-state index is 0.378. The molecule has 0 bridgehead atoms. The Morgan fingerprint density at radius 2 is 0.757 bits per heavy atom. The van der Waals surface area contributed by atoms with Gasteiger partial charge in [0.1, 0.15) is 23.3 Å². The van der Waals surface area contributed by atoms with Crippen molar-refractivity contribution in [2.75, 3.05) is 0 Å². The minimum Gasteiger partial charge on any atom is -0.309 e. The fourth-order valence-electron chi connectivity index (χ4n) is 11.6. The Labute approximate surface area is 427 Å². The average Bonchev–Trinajstić information content (AvgIpc) is 4.20. The van der Waals surface area contributed by atoms with Gasteiger partial charge in [-0.1, -0.05) is 163 Å². The van der Waals surface area contributed by atoms with Gasteiger partial charge in [-0.25, -0.2) is 15.0 Å². The zero-order valence-corrected chi connectivity index (χ0v) is 42.1. The summed E-state index contributed by atoms with van der Waals surface area (Å²) in [5.41, 5.74) is 12.6. The molecular formula is C66H50N8. The van der Waals surface area contributed by atoms with Crippen LogP contribution in [0, 0.1) is 11.3 Å². The van der Waals surface area contributed by atoms with Gasteiger partial charge in [0.25, 0.3) is 0 Å². The van der Waals surface area contributed by atoms with Crippen LogP contribution in [0.25, 0.3) is 121 Å². The first kappa shape index (κ1) is 43.5. The van der Waals surface area contributed by atoms with Gasteiger partial charge in [-0.3, -0.25) is 0 Å². The molecule has 0 fully saturated rings. The van der Waals surface area contributed by atoms with Crippen LogP contribution in [0.5, 0.6) is 0 Å². The maximum Gasteiger partial charge on any atom is 0.163 e. The highest BCUT2D eigenvalue weighted by Crippen LogP contribution is 2.46. The largest absolute Gasteiger partial charge is 0.309 e. The summed E-state index contributed by atoms with van der Waals surface area (Å²) in [4.78, 5) is 15.8. The molecule has 8 nitrogen and oxygen atoms in total. The van der Waals surface area contributed by atoms with Crippen LogP contribution in [0.2, 0.25) is 0 Å². The lowest BCUT2D eigenvalue weighted by molar-refractivity contribution is 0.497. The highest BCUT2D eigenvalue weighted by atomic mass is 15.1. The van der Waals surface area contributed by atoms with E-state index < -0.39 is 0 Å². The molecule has 0 radical (unpaired) electrons. The maximum atomic E-state index is 12.1. The number of nitrogens with zero attached hydrogens (tertiary/aromatic N) is 8. The molecule has 0 saturated heterocycles. The quantitative estimate of drug-likeness (QED) is 0.172. The molecule has 5 aromatic heterocycles. The van der Waals surface area contributed by atoms with Crippen molar-refractivity contribution in [1.82, 2.24) is 33.2 Å². The molecule has 9 aromatic carbocycles. The summed E-state index contributed by atoms with van der Waals surface area (Å²) in [6.07, 6.45) is 0. The number of benzene rings is 9. The molecule has 0 aliphatic heterocycles. The van der Waals surface area contributed by atoms with Crippen LogP contribution in [0.3, 0.4) is 0 Å². The number of fused-ring (bicyclic) bond motifs is 14. The molecule has 0 saturated carbocycles. The Morgan fingerprint density at radius 3 is 1.26 bits per heavy atom. The van der Waals surface area contributed by atoms with Gasteiger partial charge >= 0.3 is 0 Å². The standard InChI is InChI=1S/C66H50N8/c1-65(2,3)63-68-62(69-64(70-63)66(4,5)6)40-37-56(73-53-32-20-16-28-48(53)59-55(73)36-34-45-43-25-13-17-29-50(43)72(60(45)59)42-23-11-8-12-24-42)49(39-67)57(38-40)74-51-30-18-14-26-44(51)46-33-35-54-58(61(46)74)47-27-15-19-31-52(47)71(54)41-21-9-7-10-22-41/h7-38H,1-6H3. The van der Waals surface area contributed by atoms with Gasteiger partial charge in [-0.15, -0.1) is 0 Å². The Bertz CT molecular complexity index is 4650. The monoisotopic (exact) mass is 954 g/mol. The van der Waals surface area contributed by atoms with Crippen molar-refractivity contribution >= 4 is 87.2 Å². The average molecular weight is 955 g/mol. The summed E-state index contributed by atoms with van der Waals surface area (Å²) >= 11 is 0. The molecule has 0 spiro atoms. The molecule has 0 unspecified atom stereocenters. The summed E-state index contributed by atoms with van der Waals surface area (Å²) in [5.74, 6) is 1.97. The summed E-state index contributed by atoms with van der Waals surface area (Å²) in [6.45, 7) is 12.9. The van der Waals surface area contributed by atoms with Crippen molar-refractivity contribution in [3.05, 3.63) is 211 Å². The summed E-state index contributed by atoms with van der Waals surface area (Å²) < 4.78 is 9.42. The molecular weight excluding hydrogens is 905 g/mol. The van der Waals surface area contributed by atoms with Crippen LogP contribution >= 0.6 is 0 Å². The van der Waals surface area contributed by atoms with Gasteiger partial charge in [0, 0.05) is 70.9 Å². The number of para-hydroxylation sites is 6. The first-order valence-corrected chi connectivity index (χ1v) is 25.4. The third-order valence-corrected chi connectivity index (χ3v) is 14.9. The maximum absolute atomic E-state index is 12.1. The SMILES string of the molecule is CC(C)(C)c1nc(-c2cc(-n3c4ccccc4c4c3ccc3c5ccccc5n(-c5ccccc5)c34)c(C#N)c(-n3c4ccccc4c4ccc5c(c6ccccc6n5-c5ccccc5)c43)c2)nc(C(C)(C)C)n1. The van der Waals surface area contributed by atoms with E-state index in [-0.39, 0.29) is 10.8 Å². The molecule has 0 N–H and O–H groups in total. The van der Waals surface area contributed by atoms with Crippen molar-refractivity contribution in [1.29, 1.82) is 5.26 Å². The van der Waals surface area contributed by atoms with Crippen LogP contribution in [-0.2, 0) is 10.8 Å². The zero-order valence-electron chi connectivity index (χ0n) is 42.1. The van der Waals surface area contributed by atoms with Gasteiger partial charge < -0.3 is 18.3 Å². The number of hydrogen-bond acceptors (Lipinski definition) is 4. The zero-order chi connectivity index (χ0) is 50.2. The lowest BCUT2D eigenvalue weighted by Gasteiger charge is -2.23. The molecule has 14 rings (SSSR count). The molecule has 0 aliphatic rings. The lowest BCUT2D eigenvalue weighted by atomic mass is 9.93. The van der Waals surface area contributed by atoms with Gasteiger partial charge in [0.15, 0.2) is 5.82 Å². The van der Waals surface area contributed by atoms with Gasteiger partial charge in [-0.2, -0.15) is 5.26 Å². The fourth-order valence-corrected chi connectivity index (χ4v) is 11.6. The van der Waals surface area contributed by atoms with Crippen LogP contribution < -0.4 is 0 Å². The van der Waals surface area contributed by atoms with E-state index in [2.05, 4.69) is 260 Å². The van der Waals surface area contributed by atoms with Crippen LogP contribution in [0.1, 0.15) is 58.8 Å². The summed E-state index contributed by atoms with van der Waals surface area (Å²) in [7, 11) is 0. The smallest absolute Gasteiger partial charge is 0.163 e. The predicted molar refractivity (Wildman–Crippen MR) is 305 cm³/mol. The van der Waals surface area contributed by atoms with Gasteiger partial charge in [0.2, 0.25) is 0 Å². The number of rotatable bonds is 5. The normalized spacial score (nSPS) is 12.4. The number of nitriles is 1. The van der Waals surface area contributed by atoms with E-state index in [0.717, 1.165) is 110 Å². The lowest BCUT2D eigenvalue weighted by Crippen LogP contribution is -2.24. The van der Waals surface area contributed by atoms with Crippen molar-refractivity contribution in [2.45, 2.75) is 52.4 Å². The molecule has 0 amide bonds. The Morgan fingerprint density at radius 1 is 0.365 bits per heavy atom. The fraction of sp³-hybridized carbons (Fsp3) is 0.121. The molecule has 8 heteroatoms. The van der Waals surface area contributed by atoms with Crippen molar-refractivity contribution in [2.24, 2.45) is 0 Å². The Kier molecular flexibility index (Phi) is 9.30. The highest BCUT2D eigenvalue weighted by molar-refractivity contribution is 6.28. The Balaban J connectivity index is 1.18. The van der Waals surface area contributed by atoms with E-state index in [0.29, 0.717) is 23.0 Å². The summed E-state index contributed by atoms with van der Waals surface area (Å²) in [5, 5.41) is 21.1. The predicted octanol–water partition coefficient (Wildman–Crippen LogP) is 16.4. The molecule has 0 atom stereocenters. The molecule has 354 valence electrons. The molecule has 74 heavy (non-hydrogen) atoms. The van der Waals surface area contributed by atoms with E-state index in [1.807, 2.05) is 0 Å². The van der Waals surface area contributed by atoms with Gasteiger partial charge in [-0.05, 0) is 72.8 Å². The third-order valence-electron chi connectivity index (χ3n) is 14.9. The molecule has 14 aromatic rings.